The van der Waals surface area contributed by atoms with E-state index in [1.165, 1.54) is 16.7 Å². The molecular weight excluding hydrogens is 1210 g/mol. The highest BCUT2D eigenvalue weighted by molar-refractivity contribution is 8.23. The summed E-state index contributed by atoms with van der Waals surface area (Å²) in [6.07, 6.45) is 9.68. The van der Waals surface area contributed by atoms with Gasteiger partial charge in [0.25, 0.3) is 0 Å². The van der Waals surface area contributed by atoms with Crippen molar-refractivity contribution in [3.05, 3.63) is 209 Å². The Morgan fingerprint density at radius 3 is 1.34 bits per heavy atom. The van der Waals surface area contributed by atoms with Gasteiger partial charge in [0.1, 0.15) is 34.5 Å². The Hall–Kier alpha value is -10.6. The van der Waals surface area contributed by atoms with Crippen molar-refractivity contribution in [3.8, 4) is 0 Å². The third kappa shape index (κ3) is 14.5. The van der Waals surface area contributed by atoms with E-state index in [4.69, 9.17) is 18.0 Å². The van der Waals surface area contributed by atoms with Crippen molar-refractivity contribution < 1.29 is 38.4 Å². The number of thioether (sulfide) groups is 1. The second kappa shape index (κ2) is 28.3. The van der Waals surface area contributed by atoms with Crippen molar-refractivity contribution in [1.82, 2.24) is 51.4 Å². The van der Waals surface area contributed by atoms with Crippen molar-refractivity contribution in [1.29, 1.82) is 0 Å². The average molecular weight is 1280 g/mol. The van der Waals surface area contributed by atoms with Crippen molar-refractivity contribution in [2.75, 3.05) is 17.2 Å². The Balaban J connectivity index is 0.833. The first-order chi connectivity index (χ1) is 45.2. The first kappa shape index (κ1) is 62.6. The Bertz CT molecular complexity index is 4550. The average Bonchev–Trinajstić information content (AvgIpc) is 2.56. The highest BCUT2D eigenvalue weighted by Crippen LogP contribution is 2.31. The van der Waals surface area contributed by atoms with E-state index in [2.05, 4.69) is 46.5 Å². The normalized spacial score (nSPS) is 14.9. The quantitative estimate of drug-likeness (QED) is 0.0261. The number of hydrogen-bond donors (Lipinski definition) is 10. The molecule has 0 bridgehead atoms. The number of nitrogens with zero attached hydrogens (tertiary/aromatic N) is 2. The molecule has 93 heavy (non-hydrogen) atoms. The molecule has 0 saturated carbocycles. The molecule has 2 aliphatic rings. The Morgan fingerprint density at radius 1 is 0.452 bits per heavy atom. The molecule has 8 amide bonds. The van der Waals surface area contributed by atoms with Crippen LogP contribution < -0.4 is 37.2 Å². The number of aromatic amines is 4. The summed E-state index contributed by atoms with van der Waals surface area (Å²) in [5.74, 6) is -4.69. The van der Waals surface area contributed by atoms with Crippen LogP contribution in [0.2, 0.25) is 0 Å². The number of carbonyl (C=O) groups is 8. The fourth-order valence-electron chi connectivity index (χ4n) is 12.3. The second-order valence-corrected chi connectivity index (χ2v) is 25.0. The number of fused-ring (bicyclic) bond motifs is 6. The molecule has 20 nitrogen and oxygen atoms in total. The monoisotopic (exact) mass is 1280 g/mol. The van der Waals surface area contributed by atoms with Gasteiger partial charge < -0.3 is 57.2 Å². The number of nitrogens with one attached hydrogen (secondary N) is 9. The van der Waals surface area contributed by atoms with Crippen LogP contribution in [-0.2, 0) is 70.6 Å². The van der Waals surface area contributed by atoms with Gasteiger partial charge in [0.15, 0.2) is 0 Å². The summed E-state index contributed by atoms with van der Waals surface area (Å²) in [5.41, 5.74) is 15.2. The SMILES string of the molecule is NC(=O)[C@H](Cc1c[nH]c2ccccc12)NC(=O)[C@H](Cc1c[nH]c2ccccc12)NC(=O)[C@H](CCC(=O)N1CCSC1=S)NC(=O)[C@H](Cc1c[nH]c2ccccc12)NC(=O)[C@H](Cc1c[nH]c2ccccc12)NC(=O)CCC(=O)N1Cc2ccccc2/C=C\c2ccccc21. The van der Waals surface area contributed by atoms with E-state index in [1.807, 2.05) is 158 Å². The maximum absolute atomic E-state index is 15.5. The van der Waals surface area contributed by atoms with Crippen LogP contribution in [0.25, 0.3) is 55.8 Å². The Kier molecular flexibility index (Phi) is 19.0. The first-order valence-electron chi connectivity index (χ1n) is 30.8. The molecule has 12 rings (SSSR count). The molecule has 472 valence electrons. The molecular formula is C71H68N12O8S2. The van der Waals surface area contributed by atoms with Gasteiger partial charge in [-0.1, -0.05) is 151 Å². The largest absolute Gasteiger partial charge is 0.368 e. The fourth-order valence-corrected chi connectivity index (χ4v) is 13.5. The van der Waals surface area contributed by atoms with Crippen molar-refractivity contribution in [2.45, 2.75) is 88.1 Å². The molecule has 22 heteroatoms. The number of amides is 8. The lowest BCUT2D eigenvalue weighted by molar-refractivity contribution is -0.135. The number of H-pyrrole nitrogens is 4. The minimum atomic E-state index is -1.52. The number of carbonyl (C=O) groups excluding carboxylic acids is 8. The van der Waals surface area contributed by atoms with E-state index in [-0.39, 0.29) is 69.7 Å². The number of hydrogen-bond acceptors (Lipinski definition) is 10. The van der Waals surface area contributed by atoms with Crippen LogP contribution in [0, 0.1) is 0 Å². The fraction of sp³-hybridized carbons (Fsp3) is 0.225. The van der Waals surface area contributed by atoms with Gasteiger partial charge in [0, 0.05) is 126 Å². The van der Waals surface area contributed by atoms with Gasteiger partial charge in [0.05, 0.1) is 12.2 Å². The van der Waals surface area contributed by atoms with E-state index in [0.29, 0.717) is 39.0 Å². The van der Waals surface area contributed by atoms with Crippen LogP contribution in [-0.4, -0.2) is 119 Å². The lowest BCUT2D eigenvalue weighted by Gasteiger charge is -2.28. The minimum Gasteiger partial charge on any atom is -0.368 e. The molecule has 10 aromatic rings. The number of rotatable bonds is 24. The van der Waals surface area contributed by atoms with Gasteiger partial charge in [0.2, 0.25) is 47.3 Å². The lowest BCUT2D eigenvalue weighted by atomic mass is 10.00. The van der Waals surface area contributed by atoms with E-state index in [1.54, 1.807) is 29.7 Å². The second-order valence-electron chi connectivity index (χ2n) is 23.3. The van der Waals surface area contributed by atoms with Crippen LogP contribution in [0.3, 0.4) is 0 Å². The van der Waals surface area contributed by atoms with Crippen LogP contribution in [0.1, 0.15) is 64.6 Å². The smallest absolute Gasteiger partial charge is 0.243 e. The number of anilines is 1. The third-order valence-corrected chi connectivity index (χ3v) is 18.7. The van der Waals surface area contributed by atoms with Crippen molar-refractivity contribution in [3.63, 3.8) is 0 Å². The summed E-state index contributed by atoms with van der Waals surface area (Å²) in [5, 5.41) is 17.6. The molecule has 5 atom stereocenters. The zero-order valence-corrected chi connectivity index (χ0v) is 52.2. The molecule has 0 spiro atoms. The molecule has 4 aromatic heterocycles. The van der Waals surface area contributed by atoms with Gasteiger partial charge in [-0.15, -0.1) is 0 Å². The minimum absolute atomic E-state index is 0.0218. The third-order valence-electron chi connectivity index (χ3n) is 17.2. The molecule has 0 aliphatic carbocycles. The number of aromatic nitrogens is 4. The Morgan fingerprint density at radius 2 is 0.849 bits per heavy atom. The van der Waals surface area contributed by atoms with Crippen LogP contribution in [0.4, 0.5) is 5.69 Å². The lowest BCUT2D eigenvalue weighted by Crippen LogP contribution is -2.60. The van der Waals surface area contributed by atoms with E-state index >= 15 is 14.4 Å². The molecule has 1 saturated heterocycles. The predicted octanol–water partition coefficient (Wildman–Crippen LogP) is 7.93. The summed E-state index contributed by atoms with van der Waals surface area (Å²) in [6, 6.07) is 38.3. The van der Waals surface area contributed by atoms with Gasteiger partial charge in [-0.3, -0.25) is 43.3 Å². The van der Waals surface area contributed by atoms with Crippen LogP contribution in [0.5, 0.6) is 0 Å². The van der Waals surface area contributed by atoms with Gasteiger partial charge in [-0.25, -0.2) is 0 Å². The van der Waals surface area contributed by atoms with E-state index < -0.39 is 65.7 Å². The number of thiocarbonyl (C=S) groups is 1. The highest BCUT2D eigenvalue weighted by Gasteiger charge is 2.36. The number of nitrogens with two attached hydrogens (primary N) is 1. The number of primary amides is 1. The van der Waals surface area contributed by atoms with Gasteiger partial charge in [-0.2, -0.15) is 0 Å². The number of benzene rings is 6. The van der Waals surface area contributed by atoms with Gasteiger partial charge in [-0.05, 0) is 75.7 Å². The van der Waals surface area contributed by atoms with Gasteiger partial charge >= 0.3 is 0 Å². The highest BCUT2D eigenvalue weighted by atomic mass is 32.2. The predicted molar refractivity (Wildman–Crippen MR) is 365 cm³/mol. The van der Waals surface area contributed by atoms with Crippen LogP contribution in [0.15, 0.2) is 170 Å². The summed E-state index contributed by atoms with van der Waals surface area (Å²) in [4.78, 5) is 133. The molecule has 0 unspecified atom stereocenters. The standard InChI is InChI=1S/C71H68N12O8S2/c72-66(87)58(33-45-37-73-53-20-8-4-16-49(45)53)79-70(91)61(36-48-40-76-56-23-11-7-19-52(48)56)80-67(88)57(27-29-64(85)82-31-32-93-71(82)92)78-69(90)60(35-47-39-75-55-22-10-6-18-51(47)55)81-68(89)59(34-46-38-74-54-21-9-5-17-50(46)54)77-63(84)28-30-65(86)83-41-44-15-2-1-13-42(44)25-26-43-14-3-12-24-62(43)83/h1-26,37-40,57-61,73-76H,27-36,41H2,(H2,72,87)(H,77,84)(H,78,90)(H,79,91)(H,80,88)(H,81,89)/b26-25-/t57-,58-,59-,60-,61-/m0/s1. The zero-order valence-electron chi connectivity index (χ0n) is 50.5. The summed E-state index contributed by atoms with van der Waals surface area (Å²) < 4.78 is 0.377. The summed E-state index contributed by atoms with van der Waals surface area (Å²) in [7, 11) is 0. The molecule has 6 aromatic carbocycles. The number of para-hydroxylation sites is 5. The first-order valence-corrected chi connectivity index (χ1v) is 32.2. The molecule has 0 radical (unpaired) electrons. The summed E-state index contributed by atoms with van der Waals surface area (Å²) in [6.45, 7) is 0.614. The van der Waals surface area contributed by atoms with Crippen molar-refractivity contribution in [2.24, 2.45) is 5.73 Å². The van der Waals surface area contributed by atoms with E-state index in [9.17, 15) is 24.0 Å². The van der Waals surface area contributed by atoms with Crippen molar-refractivity contribution >= 4 is 137 Å². The van der Waals surface area contributed by atoms with Crippen LogP contribution >= 0.6 is 24.0 Å². The molecule has 6 heterocycles. The zero-order chi connectivity index (χ0) is 64.5. The molecule has 2 aliphatic heterocycles. The Labute approximate surface area is 544 Å². The topological polar surface area (TPSA) is 292 Å². The molecule has 1 fully saturated rings. The summed E-state index contributed by atoms with van der Waals surface area (Å²) >= 11 is 6.86. The van der Waals surface area contributed by atoms with E-state index in [0.717, 1.165) is 65.9 Å². The maximum Gasteiger partial charge on any atom is 0.243 e. The maximum atomic E-state index is 15.5. The molecule has 11 N–H and O–H groups in total.